The number of halogens is 2. The van der Waals surface area contributed by atoms with Crippen LogP contribution in [-0.4, -0.2) is 50.2 Å². The van der Waals surface area contributed by atoms with E-state index in [-0.39, 0.29) is 34.0 Å². The number of hydrogen-bond donors (Lipinski definition) is 0. The summed E-state index contributed by atoms with van der Waals surface area (Å²) in [5.41, 5.74) is 2.85. The number of likely N-dealkylation sites (N-methyl/N-ethyl adjacent to an activating group) is 2. The summed E-state index contributed by atoms with van der Waals surface area (Å²) >= 11 is 0. The van der Waals surface area contributed by atoms with E-state index in [0.29, 0.717) is 0 Å². The van der Waals surface area contributed by atoms with Crippen molar-refractivity contribution >= 4 is 21.5 Å². The van der Waals surface area contributed by atoms with Crippen LogP contribution in [0.1, 0.15) is 11.1 Å². The highest BCUT2D eigenvalue weighted by molar-refractivity contribution is 5.86. The molecule has 2 nitrogen and oxygen atoms in total. The molecule has 0 aliphatic rings. The smallest absolute Gasteiger partial charge is 0.105 e. The Hall–Kier alpha value is -1.98. The van der Waals surface area contributed by atoms with E-state index in [2.05, 4.69) is 125 Å². The van der Waals surface area contributed by atoms with Crippen LogP contribution in [0.3, 0.4) is 0 Å². The van der Waals surface area contributed by atoms with E-state index in [1.165, 1.54) is 32.7 Å². The topological polar surface area (TPSA) is 0 Å². The molecule has 4 aromatic rings. The fourth-order valence-corrected chi connectivity index (χ4v) is 4.63. The summed E-state index contributed by atoms with van der Waals surface area (Å²) in [4.78, 5) is 0. The van der Waals surface area contributed by atoms with E-state index in [1.54, 1.807) is 0 Å². The minimum atomic E-state index is 0. The van der Waals surface area contributed by atoms with Gasteiger partial charge in [0, 0.05) is 11.1 Å². The number of fused-ring (bicyclic) bond motifs is 2. The Morgan fingerprint density at radius 1 is 0.500 bits per heavy atom. The Labute approximate surface area is 226 Å². The van der Waals surface area contributed by atoms with Crippen molar-refractivity contribution in [2.24, 2.45) is 0 Å². The summed E-state index contributed by atoms with van der Waals surface area (Å²) in [7, 11) is 9.29. The molecular formula is C30H36Br2N2. The lowest BCUT2D eigenvalue weighted by atomic mass is 10.0. The Balaban J connectivity index is 0.00000204. The Morgan fingerprint density at radius 2 is 0.853 bits per heavy atom. The maximum atomic E-state index is 2.37. The quantitative estimate of drug-likeness (QED) is 0.208. The van der Waals surface area contributed by atoms with Gasteiger partial charge in [-0.05, 0) is 33.7 Å². The number of benzene rings is 4. The van der Waals surface area contributed by atoms with E-state index in [9.17, 15) is 0 Å². The van der Waals surface area contributed by atoms with Crippen molar-refractivity contribution in [2.45, 2.75) is 13.1 Å². The van der Waals surface area contributed by atoms with Crippen molar-refractivity contribution in [3.63, 3.8) is 0 Å². The largest absolute Gasteiger partial charge is 1.00 e. The van der Waals surface area contributed by atoms with Gasteiger partial charge in [0.05, 0.1) is 41.3 Å². The summed E-state index contributed by atoms with van der Waals surface area (Å²) in [5.74, 6) is 0. The standard InChI is InChI=1S/C30H36N2.2BrH/c1-31(2,23-27-17-11-15-25-13-5-7-19-29(25)27)21-9-10-22-32(3,4)24-28-18-12-16-26-14-6-8-20-30(26)28;;/h5-20H,21-24H2,1-4H3;2*1H/q+2;;/p-2/b10-9+;;. The average molecular weight is 584 g/mol. The molecule has 34 heavy (non-hydrogen) atoms. The number of hydrogen-bond acceptors (Lipinski definition) is 0. The second-order valence-electron chi connectivity index (χ2n) is 10.3. The van der Waals surface area contributed by atoms with Gasteiger partial charge in [-0.1, -0.05) is 84.9 Å². The second-order valence-corrected chi connectivity index (χ2v) is 10.3. The highest BCUT2D eigenvalue weighted by atomic mass is 79.9. The summed E-state index contributed by atoms with van der Waals surface area (Å²) in [6.45, 7) is 4.11. The fraction of sp³-hybridized carbons (Fsp3) is 0.267. The molecule has 0 N–H and O–H groups in total. The van der Waals surface area contributed by atoms with E-state index in [1.807, 2.05) is 0 Å². The highest BCUT2D eigenvalue weighted by Crippen LogP contribution is 2.23. The summed E-state index contributed by atoms with van der Waals surface area (Å²) in [5, 5.41) is 5.40. The highest BCUT2D eigenvalue weighted by Gasteiger charge is 2.18. The lowest BCUT2D eigenvalue weighted by Gasteiger charge is -2.30. The Morgan fingerprint density at radius 3 is 1.26 bits per heavy atom. The third kappa shape index (κ3) is 7.26. The molecule has 0 saturated heterocycles. The number of nitrogens with zero attached hydrogens (tertiary/aromatic N) is 2. The monoisotopic (exact) mass is 582 g/mol. The van der Waals surface area contributed by atoms with Crippen LogP contribution in [0.15, 0.2) is 97.1 Å². The van der Waals surface area contributed by atoms with Crippen molar-refractivity contribution in [1.29, 1.82) is 0 Å². The van der Waals surface area contributed by atoms with Gasteiger partial charge in [0.1, 0.15) is 13.1 Å². The predicted molar refractivity (Wildman–Crippen MR) is 138 cm³/mol. The van der Waals surface area contributed by atoms with Crippen LogP contribution in [0.5, 0.6) is 0 Å². The van der Waals surface area contributed by atoms with E-state index < -0.39 is 0 Å². The normalized spacial score (nSPS) is 12.0. The number of rotatable bonds is 8. The molecule has 0 atom stereocenters. The van der Waals surface area contributed by atoms with Crippen molar-refractivity contribution in [1.82, 2.24) is 0 Å². The maximum Gasteiger partial charge on any atom is 0.105 e. The SMILES string of the molecule is C[N+](C)(C/C=C/C[N+](C)(C)Cc1cccc2ccccc12)Cc1cccc2ccccc12.[Br-].[Br-]. The first kappa shape index (κ1) is 28.3. The summed E-state index contributed by atoms with van der Waals surface area (Å²) in [6.07, 6.45) is 4.74. The molecule has 4 rings (SSSR count). The first-order valence-corrected chi connectivity index (χ1v) is 11.6. The minimum absolute atomic E-state index is 0. The Bertz CT molecular complexity index is 1140. The van der Waals surface area contributed by atoms with Crippen LogP contribution in [-0.2, 0) is 13.1 Å². The fourth-order valence-electron chi connectivity index (χ4n) is 4.63. The molecule has 0 heterocycles. The first-order chi connectivity index (χ1) is 15.3. The third-order valence-electron chi connectivity index (χ3n) is 6.32. The molecule has 0 saturated carbocycles. The predicted octanol–water partition coefficient (Wildman–Crippen LogP) is 0.410. The minimum Gasteiger partial charge on any atom is -1.00 e. The van der Waals surface area contributed by atoms with Gasteiger partial charge in [0.15, 0.2) is 0 Å². The third-order valence-corrected chi connectivity index (χ3v) is 6.32. The molecule has 0 fully saturated rings. The molecule has 0 aromatic heterocycles. The van der Waals surface area contributed by atoms with Gasteiger partial charge in [0.25, 0.3) is 0 Å². The van der Waals surface area contributed by atoms with Crippen LogP contribution in [0.25, 0.3) is 21.5 Å². The zero-order valence-electron chi connectivity index (χ0n) is 20.7. The van der Waals surface area contributed by atoms with Gasteiger partial charge >= 0.3 is 0 Å². The second kappa shape index (κ2) is 12.1. The Kier molecular flexibility index (Phi) is 10.1. The van der Waals surface area contributed by atoms with E-state index >= 15 is 0 Å². The van der Waals surface area contributed by atoms with Crippen molar-refractivity contribution in [3.05, 3.63) is 108 Å². The van der Waals surface area contributed by atoms with Gasteiger partial charge in [-0.3, -0.25) is 0 Å². The van der Waals surface area contributed by atoms with Gasteiger partial charge in [-0.15, -0.1) is 0 Å². The van der Waals surface area contributed by atoms with Crippen LogP contribution in [0.4, 0.5) is 0 Å². The van der Waals surface area contributed by atoms with Gasteiger partial charge in [-0.25, -0.2) is 0 Å². The lowest BCUT2D eigenvalue weighted by molar-refractivity contribution is -0.900. The van der Waals surface area contributed by atoms with Crippen molar-refractivity contribution in [3.8, 4) is 0 Å². The molecule has 0 aliphatic carbocycles. The maximum absolute atomic E-state index is 2.37. The number of quaternary nitrogens is 2. The van der Waals surface area contributed by atoms with E-state index in [4.69, 9.17) is 0 Å². The van der Waals surface area contributed by atoms with Crippen LogP contribution >= 0.6 is 0 Å². The van der Waals surface area contributed by atoms with Gasteiger partial charge in [-0.2, -0.15) is 0 Å². The van der Waals surface area contributed by atoms with Crippen LogP contribution in [0, 0.1) is 0 Å². The van der Waals surface area contributed by atoms with Gasteiger partial charge < -0.3 is 42.9 Å². The summed E-state index contributed by atoms with van der Waals surface area (Å²) in [6, 6.07) is 30.7. The van der Waals surface area contributed by atoms with Gasteiger partial charge in [0.2, 0.25) is 0 Å². The van der Waals surface area contributed by atoms with Crippen molar-refractivity contribution in [2.75, 3.05) is 41.3 Å². The molecule has 0 aliphatic heterocycles. The molecule has 4 heteroatoms. The van der Waals surface area contributed by atoms with E-state index in [0.717, 1.165) is 35.1 Å². The molecule has 0 radical (unpaired) electrons. The molecule has 0 unspecified atom stereocenters. The molecular weight excluding hydrogens is 548 g/mol. The molecule has 0 amide bonds. The molecule has 0 bridgehead atoms. The zero-order valence-corrected chi connectivity index (χ0v) is 23.9. The average Bonchev–Trinajstić information content (AvgIpc) is 2.77. The zero-order chi connectivity index (χ0) is 22.6. The first-order valence-electron chi connectivity index (χ1n) is 11.6. The van der Waals surface area contributed by atoms with Crippen LogP contribution in [0.2, 0.25) is 0 Å². The van der Waals surface area contributed by atoms with Crippen molar-refractivity contribution < 1.29 is 42.9 Å². The molecule has 0 spiro atoms. The summed E-state index contributed by atoms with van der Waals surface area (Å²) < 4.78 is 1.89. The molecule has 180 valence electrons. The molecule has 4 aromatic carbocycles. The van der Waals surface area contributed by atoms with Crippen LogP contribution < -0.4 is 34.0 Å². The lowest BCUT2D eigenvalue weighted by Crippen LogP contribution is -3.00.